The van der Waals surface area contributed by atoms with Crippen molar-refractivity contribution < 1.29 is 0 Å². The molecule has 0 bridgehead atoms. The number of aromatic nitrogens is 1. The Morgan fingerprint density at radius 1 is 1.25 bits per heavy atom. The first-order chi connectivity index (χ1) is 7.61. The van der Waals surface area contributed by atoms with Crippen molar-refractivity contribution in [3.63, 3.8) is 0 Å². The largest absolute Gasteiger partial charge is 0.367 e. The van der Waals surface area contributed by atoms with E-state index in [0.29, 0.717) is 12.0 Å². The Labute approximate surface area is 98.7 Å². The van der Waals surface area contributed by atoms with Gasteiger partial charge < -0.3 is 4.90 Å². The molecular weight excluding hydrogens is 196 g/mol. The fourth-order valence-electron chi connectivity index (χ4n) is 2.54. The highest BCUT2D eigenvalue weighted by atomic mass is 15.2. The van der Waals surface area contributed by atoms with E-state index >= 15 is 0 Å². The molecule has 0 amide bonds. The maximum Gasteiger partial charge on any atom is 0.0640 e. The molecule has 0 atom stereocenters. The number of aryl methyl sites for hydroxylation is 1. The summed E-state index contributed by atoms with van der Waals surface area (Å²) in [5.74, 6) is 0.580. The van der Waals surface area contributed by atoms with Gasteiger partial charge in [-0.2, -0.15) is 0 Å². The van der Waals surface area contributed by atoms with Gasteiger partial charge in [-0.05, 0) is 44.2 Å². The maximum atomic E-state index is 4.55. The molecular formula is C14H22N2. The molecule has 0 unspecified atom stereocenters. The molecule has 1 aromatic rings. The van der Waals surface area contributed by atoms with Gasteiger partial charge in [-0.3, -0.25) is 4.98 Å². The Balaban J connectivity index is 2.51. The number of hydrogen-bond donors (Lipinski definition) is 0. The van der Waals surface area contributed by atoms with E-state index in [0.717, 1.165) is 6.42 Å². The summed E-state index contributed by atoms with van der Waals surface area (Å²) in [7, 11) is 0. The van der Waals surface area contributed by atoms with Gasteiger partial charge in [0.15, 0.2) is 0 Å². The molecule has 0 radical (unpaired) electrons. The van der Waals surface area contributed by atoms with Gasteiger partial charge in [0.1, 0.15) is 0 Å². The lowest BCUT2D eigenvalue weighted by Crippen LogP contribution is -2.36. The van der Waals surface area contributed by atoms with Gasteiger partial charge in [0, 0.05) is 18.8 Å². The Morgan fingerprint density at radius 2 is 2.00 bits per heavy atom. The molecule has 2 heteroatoms. The van der Waals surface area contributed by atoms with E-state index in [2.05, 4.69) is 43.6 Å². The monoisotopic (exact) mass is 218 g/mol. The number of nitrogens with zero attached hydrogens (tertiary/aromatic N) is 2. The van der Waals surface area contributed by atoms with Gasteiger partial charge in [0.2, 0.25) is 0 Å². The molecule has 0 N–H and O–H groups in total. The molecule has 16 heavy (non-hydrogen) atoms. The van der Waals surface area contributed by atoms with Gasteiger partial charge in [0.05, 0.1) is 11.4 Å². The van der Waals surface area contributed by atoms with Gasteiger partial charge in [-0.1, -0.05) is 13.8 Å². The van der Waals surface area contributed by atoms with Crippen molar-refractivity contribution in [2.75, 3.05) is 11.4 Å². The lowest BCUT2D eigenvalue weighted by molar-refractivity contribution is 0.609. The standard InChI is InChI=1S/C14H22N2/c1-10(2)12-7-8-15-13-6-5-9-16(11(3)4)14(12)13/h7-8,10-11H,5-6,9H2,1-4H3. The molecule has 0 fully saturated rings. The summed E-state index contributed by atoms with van der Waals surface area (Å²) in [5.41, 5.74) is 4.17. The highest BCUT2D eigenvalue weighted by Gasteiger charge is 2.23. The summed E-state index contributed by atoms with van der Waals surface area (Å²) in [6.07, 6.45) is 4.34. The minimum absolute atomic E-state index is 0.570. The molecule has 0 saturated heterocycles. The van der Waals surface area contributed by atoms with Crippen LogP contribution in [-0.4, -0.2) is 17.6 Å². The SMILES string of the molecule is CC(C)c1ccnc2c1N(C(C)C)CCC2. The van der Waals surface area contributed by atoms with Crippen LogP contribution in [-0.2, 0) is 6.42 Å². The predicted octanol–water partition coefficient (Wildman–Crippen LogP) is 3.37. The normalized spacial score (nSPS) is 15.8. The molecule has 2 rings (SSSR count). The second kappa shape index (κ2) is 4.44. The molecule has 0 aliphatic carbocycles. The van der Waals surface area contributed by atoms with Crippen molar-refractivity contribution in [2.45, 2.75) is 52.5 Å². The minimum Gasteiger partial charge on any atom is -0.367 e. The first-order valence-electron chi connectivity index (χ1n) is 6.35. The van der Waals surface area contributed by atoms with E-state index < -0.39 is 0 Å². The highest BCUT2D eigenvalue weighted by Crippen LogP contribution is 2.34. The molecule has 2 heterocycles. The molecule has 2 nitrogen and oxygen atoms in total. The summed E-state index contributed by atoms with van der Waals surface area (Å²) < 4.78 is 0. The smallest absolute Gasteiger partial charge is 0.0640 e. The molecule has 1 aliphatic heterocycles. The third-order valence-electron chi connectivity index (χ3n) is 3.38. The number of rotatable bonds is 2. The Bertz CT molecular complexity index is 369. The van der Waals surface area contributed by atoms with E-state index in [9.17, 15) is 0 Å². The van der Waals surface area contributed by atoms with Crippen LogP contribution in [0.25, 0.3) is 0 Å². The van der Waals surface area contributed by atoms with Crippen molar-refractivity contribution in [1.29, 1.82) is 0 Å². The molecule has 0 aromatic carbocycles. The third kappa shape index (κ3) is 1.93. The number of fused-ring (bicyclic) bond motifs is 1. The summed E-state index contributed by atoms with van der Waals surface area (Å²) in [4.78, 5) is 7.07. The van der Waals surface area contributed by atoms with E-state index in [1.807, 2.05) is 6.20 Å². The quantitative estimate of drug-likeness (QED) is 0.756. The van der Waals surface area contributed by atoms with Crippen LogP contribution < -0.4 is 4.90 Å². The van der Waals surface area contributed by atoms with Gasteiger partial charge in [-0.25, -0.2) is 0 Å². The van der Waals surface area contributed by atoms with E-state index in [-0.39, 0.29) is 0 Å². The molecule has 0 spiro atoms. The Hall–Kier alpha value is -1.05. The summed E-state index contributed by atoms with van der Waals surface area (Å²) >= 11 is 0. The van der Waals surface area contributed by atoms with Crippen molar-refractivity contribution in [2.24, 2.45) is 0 Å². The summed E-state index contributed by atoms with van der Waals surface area (Å²) in [5, 5.41) is 0. The summed E-state index contributed by atoms with van der Waals surface area (Å²) in [6, 6.07) is 2.75. The van der Waals surface area contributed by atoms with Gasteiger partial charge >= 0.3 is 0 Å². The zero-order valence-electron chi connectivity index (χ0n) is 10.8. The lowest BCUT2D eigenvalue weighted by Gasteiger charge is -2.36. The van der Waals surface area contributed by atoms with E-state index in [1.54, 1.807) is 0 Å². The number of pyridine rings is 1. The third-order valence-corrected chi connectivity index (χ3v) is 3.38. The van der Waals surface area contributed by atoms with Crippen LogP contribution in [0.3, 0.4) is 0 Å². The predicted molar refractivity (Wildman–Crippen MR) is 69.1 cm³/mol. The van der Waals surface area contributed by atoms with Crippen LogP contribution in [0, 0.1) is 0 Å². The van der Waals surface area contributed by atoms with Crippen LogP contribution in [0.2, 0.25) is 0 Å². The van der Waals surface area contributed by atoms with Gasteiger partial charge in [0.25, 0.3) is 0 Å². The molecule has 88 valence electrons. The average Bonchev–Trinajstić information content (AvgIpc) is 2.27. The van der Waals surface area contributed by atoms with Crippen molar-refractivity contribution in [1.82, 2.24) is 4.98 Å². The van der Waals surface area contributed by atoms with E-state index in [1.165, 1.54) is 29.9 Å². The van der Waals surface area contributed by atoms with Crippen molar-refractivity contribution in [3.05, 3.63) is 23.5 Å². The topological polar surface area (TPSA) is 16.1 Å². The minimum atomic E-state index is 0.570. The van der Waals surface area contributed by atoms with Crippen LogP contribution in [0.5, 0.6) is 0 Å². The average molecular weight is 218 g/mol. The first-order valence-corrected chi connectivity index (χ1v) is 6.35. The zero-order chi connectivity index (χ0) is 11.7. The van der Waals surface area contributed by atoms with Crippen molar-refractivity contribution >= 4 is 5.69 Å². The second-order valence-corrected chi connectivity index (χ2v) is 5.24. The Morgan fingerprint density at radius 3 is 2.62 bits per heavy atom. The highest BCUT2D eigenvalue weighted by molar-refractivity contribution is 5.60. The zero-order valence-corrected chi connectivity index (χ0v) is 10.8. The fourth-order valence-corrected chi connectivity index (χ4v) is 2.54. The van der Waals surface area contributed by atoms with Gasteiger partial charge in [-0.15, -0.1) is 0 Å². The number of hydrogen-bond acceptors (Lipinski definition) is 2. The van der Waals surface area contributed by atoms with Crippen molar-refractivity contribution in [3.8, 4) is 0 Å². The molecule has 1 aromatic heterocycles. The first kappa shape index (κ1) is 11.4. The summed E-state index contributed by atoms with van der Waals surface area (Å²) in [6.45, 7) is 10.2. The fraction of sp³-hybridized carbons (Fsp3) is 0.643. The van der Waals surface area contributed by atoms with Crippen LogP contribution in [0.4, 0.5) is 5.69 Å². The van der Waals surface area contributed by atoms with E-state index in [4.69, 9.17) is 0 Å². The number of anilines is 1. The maximum absolute atomic E-state index is 4.55. The molecule has 1 aliphatic rings. The second-order valence-electron chi connectivity index (χ2n) is 5.24. The van der Waals surface area contributed by atoms with Crippen LogP contribution in [0.1, 0.15) is 51.3 Å². The Kier molecular flexibility index (Phi) is 3.17. The van der Waals surface area contributed by atoms with Crippen LogP contribution in [0.15, 0.2) is 12.3 Å². The van der Waals surface area contributed by atoms with Crippen LogP contribution >= 0.6 is 0 Å². The molecule has 0 saturated carbocycles. The lowest BCUT2D eigenvalue weighted by atomic mass is 9.95.